The Morgan fingerprint density at radius 1 is 1.28 bits per heavy atom. The summed E-state index contributed by atoms with van der Waals surface area (Å²) in [5.74, 6) is 0.363. The number of aryl methyl sites for hydroxylation is 1. The molecule has 0 bridgehead atoms. The van der Waals surface area contributed by atoms with Crippen LogP contribution in [0.25, 0.3) is 0 Å². The summed E-state index contributed by atoms with van der Waals surface area (Å²) in [4.78, 5) is 0. The summed E-state index contributed by atoms with van der Waals surface area (Å²) in [7, 11) is 0. The summed E-state index contributed by atoms with van der Waals surface area (Å²) in [5.41, 5.74) is 10.7. The van der Waals surface area contributed by atoms with Crippen molar-refractivity contribution < 1.29 is 4.74 Å². The Morgan fingerprint density at radius 3 is 2.52 bits per heavy atom. The molecule has 0 fully saturated rings. The minimum atomic E-state index is -0.247. The second-order valence-electron chi connectivity index (χ2n) is 7.47. The molecule has 0 spiro atoms. The molecule has 0 radical (unpaired) electrons. The average molecular weight is 336 g/mol. The number of aromatic amines is 1. The zero-order valence-electron chi connectivity index (χ0n) is 15.2. The monoisotopic (exact) mass is 336 g/mol. The van der Waals surface area contributed by atoms with Gasteiger partial charge in [-0.2, -0.15) is 5.26 Å². The Balaban J connectivity index is 2.13. The van der Waals surface area contributed by atoms with Crippen LogP contribution in [-0.4, -0.2) is 10.2 Å². The minimum absolute atomic E-state index is 0.0787. The van der Waals surface area contributed by atoms with Crippen LogP contribution in [0.5, 0.6) is 5.88 Å². The number of hydrogen-bond acceptors (Lipinski definition) is 4. The summed E-state index contributed by atoms with van der Waals surface area (Å²) in [6.45, 7) is 8.66. The lowest BCUT2D eigenvalue weighted by Crippen LogP contribution is -2.21. The van der Waals surface area contributed by atoms with Crippen molar-refractivity contribution in [2.75, 3.05) is 0 Å². The van der Waals surface area contributed by atoms with E-state index in [2.05, 4.69) is 68.2 Å². The maximum Gasteiger partial charge on any atom is 0.244 e. The van der Waals surface area contributed by atoms with E-state index >= 15 is 0 Å². The van der Waals surface area contributed by atoms with Crippen molar-refractivity contribution in [1.29, 1.82) is 5.26 Å². The fourth-order valence-corrected chi connectivity index (χ4v) is 3.26. The summed E-state index contributed by atoms with van der Waals surface area (Å²) >= 11 is 0. The van der Waals surface area contributed by atoms with Crippen LogP contribution in [-0.2, 0) is 11.8 Å². The number of ether oxygens (including phenoxy) is 1. The SMILES string of the molecule is CCCc1[nH]nc2c1[C@H](c1ccc(C(C)(C)C)cc1)C(C#N)=C(N)O2. The van der Waals surface area contributed by atoms with Gasteiger partial charge in [0.05, 0.1) is 5.92 Å². The molecule has 2 heterocycles. The molecule has 1 atom stereocenters. The number of hydrogen-bond donors (Lipinski definition) is 2. The highest BCUT2D eigenvalue weighted by atomic mass is 16.5. The second-order valence-corrected chi connectivity index (χ2v) is 7.47. The molecule has 130 valence electrons. The Kier molecular flexibility index (Phi) is 4.30. The lowest BCUT2D eigenvalue weighted by molar-refractivity contribution is 0.378. The Morgan fingerprint density at radius 2 is 1.96 bits per heavy atom. The van der Waals surface area contributed by atoms with Gasteiger partial charge in [0.25, 0.3) is 0 Å². The van der Waals surface area contributed by atoms with Gasteiger partial charge < -0.3 is 10.5 Å². The number of allylic oxidation sites excluding steroid dienone is 1. The molecule has 0 aliphatic carbocycles. The van der Waals surface area contributed by atoms with E-state index in [0.717, 1.165) is 29.7 Å². The lowest BCUT2D eigenvalue weighted by atomic mass is 9.81. The maximum atomic E-state index is 9.66. The number of nitrogens with two attached hydrogens (primary N) is 1. The number of nitrogens with zero attached hydrogens (tertiary/aromatic N) is 2. The van der Waals surface area contributed by atoms with Crippen LogP contribution < -0.4 is 10.5 Å². The molecule has 3 N–H and O–H groups in total. The van der Waals surface area contributed by atoms with Crippen molar-refractivity contribution in [3.05, 3.63) is 58.1 Å². The number of H-pyrrole nitrogens is 1. The summed E-state index contributed by atoms with van der Waals surface area (Å²) in [6, 6.07) is 10.6. The Bertz CT molecular complexity index is 847. The highest BCUT2D eigenvalue weighted by Gasteiger charge is 2.35. The number of rotatable bonds is 3. The molecule has 3 rings (SSSR count). The van der Waals surface area contributed by atoms with Crippen LogP contribution in [0.2, 0.25) is 0 Å². The lowest BCUT2D eigenvalue weighted by Gasteiger charge is -2.25. The van der Waals surface area contributed by atoms with Crippen molar-refractivity contribution in [1.82, 2.24) is 10.2 Å². The van der Waals surface area contributed by atoms with Crippen molar-refractivity contribution in [2.45, 2.75) is 51.9 Å². The zero-order chi connectivity index (χ0) is 18.2. The smallest absolute Gasteiger partial charge is 0.244 e. The predicted molar refractivity (Wildman–Crippen MR) is 97.0 cm³/mol. The Hall–Kier alpha value is -2.74. The van der Waals surface area contributed by atoms with Gasteiger partial charge in [0.2, 0.25) is 11.8 Å². The van der Waals surface area contributed by atoms with Gasteiger partial charge in [0, 0.05) is 11.3 Å². The molecule has 5 nitrogen and oxygen atoms in total. The van der Waals surface area contributed by atoms with Crippen LogP contribution in [0.1, 0.15) is 62.4 Å². The van der Waals surface area contributed by atoms with Crippen molar-refractivity contribution >= 4 is 0 Å². The van der Waals surface area contributed by atoms with E-state index < -0.39 is 0 Å². The van der Waals surface area contributed by atoms with Gasteiger partial charge in [-0.3, -0.25) is 5.10 Å². The molecule has 1 aliphatic heterocycles. The topological polar surface area (TPSA) is 87.7 Å². The standard InChI is InChI=1S/C20H24N4O/c1-5-6-15-17-16(12-7-9-13(10-8-12)20(2,3)4)14(11-21)18(22)25-19(17)24-23-15/h7-10,16H,5-6,22H2,1-4H3,(H,23,24)/t16-/m1/s1. The number of aromatic nitrogens is 2. The largest absolute Gasteiger partial charge is 0.420 e. The highest BCUT2D eigenvalue weighted by molar-refractivity contribution is 5.55. The van der Waals surface area contributed by atoms with E-state index in [-0.39, 0.29) is 17.2 Å². The fourth-order valence-electron chi connectivity index (χ4n) is 3.26. The molecule has 1 aromatic heterocycles. The molecule has 0 amide bonds. The first kappa shape index (κ1) is 17.1. The second kappa shape index (κ2) is 6.29. The van der Waals surface area contributed by atoms with Crippen molar-refractivity contribution in [3.63, 3.8) is 0 Å². The molecule has 2 aromatic rings. The zero-order valence-corrected chi connectivity index (χ0v) is 15.2. The van der Waals surface area contributed by atoms with Gasteiger partial charge in [0.15, 0.2) is 0 Å². The first-order valence-corrected chi connectivity index (χ1v) is 8.62. The maximum absolute atomic E-state index is 9.66. The van der Waals surface area contributed by atoms with Crippen LogP contribution in [0.15, 0.2) is 35.7 Å². The average Bonchev–Trinajstić information content (AvgIpc) is 2.95. The van der Waals surface area contributed by atoms with E-state index in [9.17, 15) is 5.26 Å². The van der Waals surface area contributed by atoms with Gasteiger partial charge >= 0.3 is 0 Å². The van der Waals surface area contributed by atoms with E-state index in [1.807, 2.05) is 0 Å². The number of nitriles is 1. The first-order chi connectivity index (χ1) is 11.9. The van der Waals surface area contributed by atoms with Crippen LogP contribution in [0, 0.1) is 11.3 Å². The van der Waals surface area contributed by atoms with Gasteiger partial charge in [-0.1, -0.05) is 58.4 Å². The predicted octanol–water partition coefficient (Wildman–Crippen LogP) is 3.88. The summed E-state index contributed by atoms with van der Waals surface area (Å²) in [5, 5.41) is 17.0. The highest BCUT2D eigenvalue weighted by Crippen LogP contribution is 2.43. The van der Waals surface area contributed by atoms with E-state index in [4.69, 9.17) is 10.5 Å². The molecule has 0 saturated heterocycles. The number of benzene rings is 1. The molecule has 0 saturated carbocycles. The molecular weight excluding hydrogens is 312 g/mol. The molecule has 25 heavy (non-hydrogen) atoms. The first-order valence-electron chi connectivity index (χ1n) is 8.62. The van der Waals surface area contributed by atoms with Crippen LogP contribution >= 0.6 is 0 Å². The third-order valence-corrected chi connectivity index (χ3v) is 4.63. The molecular formula is C20H24N4O. The van der Waals surface area contributed by atoms with E-state index in [0.29, 0.717) is 11.5 Å². The van der Waals surface area contributed by atoms with Crippen molar-refractivity contribution in [2.24, 2.45) is 5.73 Å². The van der Waals surface area contributed by atoms with Crippen LogP contribution in [0.4, 0.5) is 0 Å². The van der Waals surface area contributed by atoms with Crippen LogP contribution in [0.3, 0.4) is 0 Å². The number of nitrogens with one attached hydrogen (secondary N) is 1. The van der Waals surface area contributed by atoms with Crippen molar-refractivity contribution in [3.8, 4) is 11.9 Å². The summed E-state index contributed by atoms with van der Waals surface area (Å²) in [6.07, 6.45) is 1.83. The minimum Gasteiger partial charge on any atom is -0.420 e. The normalized spacial score (nSPS) is 17.0. The Labute approximate surface area is 148 Å². The van der Waals surface area contributed by atoms with E-state index in [1.165, 1.54) is 5.56 Å². The molecule has 0 unspecified atom stereocenters. The van der Waals surface area contributed by atoms with Gasteiger partial charge in [0.1, 0.15) is 11.6 Å². The van der Waals surface area contributed by atoms with Gasteiger partial charge in [-0.15, -0.1) is 5.10 Å². The van der Waals surface area contributed by atoms with Gasteiger partial charge in [-0.25, -0.2) is 0 Å². The van der Waals surface area contributed by atoms with Gasteiger partial charge in [-0.05, 0) is 23.0 Å². The van der Waals surface area contributed by atoms with E-state index in [1.54, 1.807) is 0 Å². The fraction of sp³-hybridized carbons (Fsp3) is 0.400. The molecule has 1 aliphatic rings. The third kappa shape index (κ3) is 3.00. The third-order valence-electron chi connectivity index (χ3n) is 4.63. The summed E-state index contributed by atoms with van der Waals surface area (Å²) < 4.78 is 5.58. The molecule has 1 aromatic carbocycles. The quantitative estimate of drug-likeness (QED) is 0.890. The number of fused-ring (bicyclic) bond motifs is 1. The molecule has 5 heteroatoms.